The van der Waals surface area contributed by atoms with Crippen LogP contribution in [0.15, 0.2) is 60.7 Å². The van der Waals surface area contributed by atoms with Crippen molar-refractivity contribution in [2.45, 2.75) is 151 Å². The Morgan fingerprint density at radius 3 is 0.711 bits per heavy atom. The fraction of sp³-hybridized carbons (Fsp3) is 0.706. The molecule has 0 aromatic heterocycles. The molecule has 0 spiro atoms. The molecule has 4 saturated carbocycles. The average Bonchev–Trinajstić information content (AvgIpc) is 3.72. The van der Waals surface area contributed by atoms with E-state index in [2.05, 4.69) is 0 Å². The van der Waals surface area contributed by atoms with E-state index < -0.39 is 0 Å². The summed E-state index contributed by atoms with van der Waals surface area (Å²) in [6.07, 6.45) is 31.2. The van der Waals surface area contributed by atoms with Crippen molar-refractivity contribution in [2.24, 2.45) is 0 Å². The normalized spacial score (nSPS) is 21.1. The van der Waals surface area contributed by atoms with Crippen LogP contribution in [0.5, 0.6) is 0 Å². The van der Waals surface area contributed by atoms with Crippen molar-refractivity contribution < 1.29 is 33.6 Å². The third-order valence-corrected chi connectivity index (χ3v) is 13.6. The van der Waals surface area contributed by atoms with Gasteiger partial charge in [0.25, 0.3) is 0 Å². The molecule has 4 aliphatic rings. The summed E-state index contributed by atoms with van der Waals surface area (Å²) in [6, 6.07) is 20.0. The topological polar surface area (TPSA) is 0 Å². The SMILES string of the molecule is C1CCC([PH2+]C2CCCCC2)CC1.C1CCC([PH2+]C2CCCCC2)CC1.[Co].[Co].c1cc[cH-]c1.c1cc[cH-]c1. The van der Waals surface area contributed by atoms with E-state index in [0.717, 1.165) is 17.2 Å². The summed E-state index contributed by atoms with van der Waals surface area (Å²) >= 11 is 0. The Balaban J connectivity index is 0.000000270. The fourth-order valence-corrected chi connectivity index (χ4v) is 11.7. The monoisotopic (exact) mass is 646 g/mol. The first-order valence-electron chi connectivity index (χ1n) is 15.9. The van der Waals surface area contributed by atoms with Crippen molar-refractivity contribution in [3.05, 3.63) is 60.7 Å². The van der Waals surface area contributed by atoms with Crippen molar-refractivity contribution in [3.8, 4) is 0 Å². The Morgan fingerprint density at radius 2 is 0.553 bits per heavy atom. The molecule has 0 bridgehead atoms. The van der Waals surface area contributed by atoms with Gasteiger partial charge in [0.2, 0.25) is 0 Å². The maximum atomic E-state index is 2.00. The van der Waals surface area contributed by atoms with Crippen molar-refractivity contribution in [1.82, 2.24) is 0 Å². The molecule has 0 heterocycles. The summed E-state index contributed by atoms with van der Waals surface area (Å²) in [6.45, 7) is 0. The van der Waals surface area contributed by atoms with E-state index in [9.17, 15) is 0 Å². The van der Waals surface area contributed by atoms with Crippen LogP contribution in [-0.4, -0.2) is 22.6 Å². The predicted molar refractivity (Wildman–Crippen MR) is 171 cm³/mol. The van der Waals surface area contributed by atoms with Crippen LogP contribution in [0.2, 0.25) is 0 Å². The summed E-state index contributed by atoms with van der Waals surface area (Å²) < 4.78 is 0. The molecule has 0 atom stereocenters. The molecule has 0 N–H and O–H groups in total. The van der Waals surface area contributed by atoms with Gasteiger partial charge in [-0.3, -0.25) is 0 Å². The van der Waals surface area contributed by atoms with Gasteiger partial charge in [0, 0.05) is 33.6 Å². The Kier molecular flexibility index (Phi) is 24.4. The Morgan fingerprint density at radius 1 is 0.342 bits per heavy atom. The van der Waals surface area contributed by atoms with Crippen LogP contribution in [0, 0.1) is 0 Å². The Hall–Kier alpha value is 0.573. The molecule has 2 radical (unpaired) electrons. The second-order valence-electron chi connectivity index (χ2n) is 11.9. The van der Waals surface area contributed by atoms with Crippen molar-refractivity contribution in [2.75, 3.05) is 0 Å². The van der Waals surface area contributed by atoms with E-state index in [1.54, 1.807) is 103 Å². The summed E-state index contributed by atoms with van der Waals surface area (Å²) in [5.41, 5.74) is 4.82. The summed E-state index contributed by atoms with van der Waals surface area (Å²) in [4.78, 5) is 0. The zero-order valence-electron chi connectivity index (χ0n) is 24.0. The molecular weight excluding hydrogens is 588 g/mol. The second-order valence-corrected chi connectivity index (χ2v) is 16.4. The van der Waals surface area contributed by atoms with Crippen LogP contribution in [-0.2, 0) is 33.6 Å². The molecule has 4 fully saturated rings. The fourth-order valence-electron chi connectivity index (χ4n) is 6.72. The Labute approximate surface area is 261 Å². The Bertz CT molecular complexity index is 537. The molecular formula is C34H58Co2P2. The molecule has 38 heavy (non-hydrogen) atoms. The molecule has 0 aliphatic heterocycles. The van der Waals surface area contributed by atoms with E-state index in [1.807, 2.05) is 60.7 Å². The second kappa shape index (κ2) is 25.3. The molecule has 0 unspecified atom stereocenters. The molecule has 2 aromatic carbocycles. The van der Waals surface area contributed by atoms with Gasteiger partial charge in [0.1, 0.15) is 0 Å². The van der Waals surface area contributed by atoms with E-state index in [0.29, 0.717) is 0 Å². The molecule has 4 aliphatic carbocycles. The zero-order chi connectivity index (χ0) is 24.9. The van der Waals surface area contributed by atoms with Gasteiger partial charge in [-0.25, -0.2) is 24.3 Å². The minimum absolute atomic E-state index is 0. The van der Waals surface area contributed by atoms with Crippen LogP contribution in [0.1, 0.15) is 128 Å². The predicted octanol–water partition coefficient (Wildman–Crippen LogP) is 10.9. The minimum Gasteiger partial charge on any atom is -0.214 e. The maximum Gasteiger partial charge on any atom is 0.0655 e. The number of hydrogen-bond acceptors (Lipinski definition) is 0. The van der Waals surface area contributed by atoms with Crippen molar-refractivity contribution in [3.63, 3.8) is 0 Å². The van der Waals surface area contributed by atoms with Crippen LogP contribution < -0.4 is 0 Å². The maximum absolute atomic E-state index is 2.00. The van der Waals surface area contributed by atoms with Gasteiger partial charge in [-0.15, -0.1) is 0 Å². The summed E-state index contributed by atoms with van der Waals surface area (Å²) in [5.74, 6) is 0. The van der Waals surface area contributed by atoms with Gasteiger partial charge < -0.3 is 0 Å². The van der Waals surface area contributed by atoms with E-state index >= 15 is 0 Å². The van der Waals surface area contributed by atoms with Crippen LogP contribution >= 0.6 is 17.2 Å². The van der Waals surface area contributed by atoms with Crippen molar-refractivity contribution in [1.29, 1.82) is 0 Å². The van der Waals surface area contributed by atoms with Gasteiger partial charge in [-0.2, -0.15) is 36.4 Å². The average molecular weight is 647 g/mol. The molecule has 4 heteroatoms. The first-order chi connectivity index (χ1) is 17.9. The molecule has 0 amide bonds. The summed E-state index contributed by atoms with van der Waals surface area (Å²) in [5, 5.41) is 0. The minimum atomic E-state index is 0. The largest absolute Gasteiger partial charge is 0.214 e. The summed E-state index contributed by atoms with van der Waals surface area (Å²) in [7, 11) is 1.65. The van der Waals surface area contributed by atoms with Crippen LogP contribution in [0.25, 0.3) is 0 Å². The molecule has 222 valence electrons. The van der Waals surface area contributed by atoms with E-state index in [1.165, 1.54) is 48.3 Å². The third-order valence-electron chi connectivity index (χ3n) is 8.80. The molecule has 0 nitrogen and oxygen atoms in total. The number of hydrogen-bond donors (Lipinski definition) is 0. The van der Waals surface area contributed by atoms with Gasteiger partial charge in [0.05, 0.1) is 22.6 Å². The van der Waals surface area contributed by atoms with Crippen molar-refractivity contribution >= 4 is 17.2 Å². The smallest absolute Gasteiger partial charge is 0.0655 e. The van der Waals surface area contributed by atoms with E-state index in [4.69, 9.17) is 0 Å². The first kappa shape index (κ1) is 36.6. The third kappa shape index (κ3) is 18.1. The molecule has 0 saturated heterocycles. The first-order valence-corrected chi connectivity index (χ1v) is 18.6. The standard InChI is InChI=1S/2C12H23P.2C5H5.2Co/c2*1-3-7-11(8-4-1)13-12-9-5-2-6-10-12;2*1-2-4-5-3-1;;/h2*11-13H,1-10H2;2*1-5H;;/q;;2*-1;;/p+2. The van der Waals surface area contributed by atoms with Gasteiger partial charge in [0.15, 0.2) is 0 Å². The van der Waals surface area contributed by atoms with Gasteiger partial charge in [-0.05, 0) is 120 Å². The molecule has 2 aromatic rings. The quantitative estimate of drug-likeness (QED) is 0.229. The molecule has 6 rings (SSSR count). The van der Waals surface area contributed by atoms with Gasteiger partial charge in [-0.1, -0.05) is 25.7 Å². The van der Waals surface area contributed by atoms with Crippen LogP contribution in [0.4, 0.5) is 0 Å². The number of rotatable bonds is 4. The van der Waals surface area contributed by atoms with Gasteiger partial charge >= 0.3 is 0 Å². The zero-order valence-corrected chi connectivity index (χ0v) is 28.4. The van der Waals surface area contributed by atoms with Crippen LogP contribution in [0.3, 0.4) is 0 Å². The van der Waals surface area contributed by atoms with E-state index in [-0.39, 0.29) is 33.6 Å².